The average molecular weight is 347 g/mol. The summed E-state index contributed by atoms with van der Waals surface area (Å²) in [7, 11) is 0. The Morgan fingerprint density at radius 3 is 2.75 bits per heavy atom. The first kappa shape index (κ1) is 16.3. The van der Waals surface area contributed by atoms with Gasteiger partial charge in [0.05, 0.1) is 23.4 Å². The number of carbonyl (C=O) groups excluding carboxylic acids is 1. The molecule has 1 aromatic carbocycles. The zero-order valence-corrected chi connectivity index (χ0v) is 14.0. The predicted octanol–water partition coefficient (Wildman–Crippen LogP) is 4.79. The van der Waals surface area contributed by atoms with Crippen molar-refractivity contribution in [2.75, 3.05) is 5.32 Å². The molecule has 2 heterocycles. The van der Waals surface area contributed by atoms with Crippen molar-refractivity contribution in [1.82, 2.24) is 4.57 Å². The van der Waals surface area contributed by atoms with Crippen LogP contribution in [0.25, 0.3) is 0 Å². The second kappa shape index (κ2) is 6.53. The molecule has 0 spiro atoms. The number of aryl methyl sites for hydroxylation is 1. The van der Waals surface area contributed by atoms with Gasteiger partial charge in [0.2, 0.25) is 0 Å². The largest absolute Gasteiger partial charge is 0.467 e. The molecule has 0 radical (unpaired) electrons. The van der Waals surface area contributed by atoms with Gasteiger partial charge in [0.15, 0.2) is 0 Å². The first-order valence-corrected chi connectivity index (χ1v) is 7.79. The molecule has 6 heteroatoms. The zero-order chi connectivity index (χ0) is 17.3. The number of benzene rings is 1. The maximum Gasteiger partial charge on any atom is 0.257 e. The Balaban J connectivity index is 1.83. The number of nitrogens with one attached hydrogen (secondary N) is 1. The molecule has 3 aromatic rings. The van der Waals surface area contributed by atoms with E-state index < -0.39 is 5.82 Å². The summed E-state index contributed by atoms with van der Waals surface area (Å²) in [5, 5.41) is 2.71. The van der Waals surface area contributed by atoms with Crippen LogP contribution in [0.3, 0.4) is 0 Å². The van der Waals surface area contributed by atoms with E-state index in [0.29, 0.717) is 17.8 Å². The Kier molecular flexibility index (Phi) is 4.44. The van der Waals surface area contributed by atoms with Crippen LogP contribution in [-0.4, -0.2) is 10.5 Å². The lowest BCUT2D eigenvalue weighted by atomic mass is 10.2. The van der Waals surface area contributed by atoms with Crippen LogP contribution in [0, 0.1) is 19.7 Å². The van der Waals surface area contributed by atoms with Crippen molar-refractivity contribution in [2.45, 2.75) is 20.4 Å². The Morgan fingerprint density at radius 2 is 2.08 bits per heavy atom. The summed E-state index contributed by atoms with van der Waals surface area (Å²) in [6.07, 6.45) is 1.62. The molecule has 0 bridgehead atoms. The highest BCUT2D eigenvalue weighted by Gasteiger charge is 2.17. The number of nitrogens with zero attached hydrogens (tertiary/aromatic N) is 1. The fourth-order valence-electron chi connectivity index (χ4n) is 2.61. The number of amides is 1. The number of hydrogen-bond acceptors (Lipinski definition) is 2. The fraction of sp³-hybridized carbons (Fsp3) is 0.167. The third-order valence-electron chi connectivity index (χ3n) is 3.89. The molecule has 124 valence electrons. The molecule has 3 rings (SSSR count). The second-order valence-electron chi connectivity index (χ2n) is 5.53. The maximum absolute atomic E-state index is 13.2. The molecular formula is C18H16ClFN2O2. The van der Waals surface area contributed by atoms with E-state index in [-0.39, 0.29) is 10.9 Å². The van der Waals surface area contributed by atoms with E-state index in [1.165, 1.54) is 18.2 Å². The van der Waals surface area contributed by atoms with Gasteiger partial charge in [0, 0.05) is 17.1 Å². The van der Waals surface area contributed by atoms with Crippen LogP contribution in [0.4, 0.5) is 10.1 Å². The molecule has 1 amide bonds. The molecule has 0 atom stereocenters. The SMILES string of the molecule is Cc1cc(C(=O)Nc2ccc(F)c(Cl)c2)c(C)n1Cc1ccco1. The van der Waals surface area contributed by atoms with Crippen LogP contribution in [-0.2, 0) is 6.54 Å². The molecule has 0 fully saturated rings. The highest BCUT2D eigenvalue weighted by molar-refractivity contribution is 6.31. The molecule has 0 aliphatic rings. The fourth-order valence-corrected chi connectivity index (χ4v) is 2.79. The van der Waals surface area contributed by atoms with Gasteiger partial charge in [-0.25, -0.2) is 4.39 Å². The smallest absolute Gasteiger partial charge is 0.257 e. The van der Waals surface area contributed by atoms with Crippen LogP contribution >= 0.6 is 11.6 Å². The number of rotatable bonds is 4. The van der Waals surface area contributed by atoms with Crippen molar-refractivity contribution >= 4 is 23.2 Å². The van der Waals surface area contributed by atoms with Gasteiger partial charge in [-0.15, -0.1) is 0 Å². The summed E-state index contributed by atoms with van der Waals surface area (Å²) in [6.45, 7) is 4.37. The monoisotopic (exact) mass is 346 g/mol. The van der Waals surface area contributed by atoms with Crippen molar-refractivity contribution in [3.63, 3.8) is 0 Å². The average Bonchev–Trinajstić information content (AvgIpc) is 3.14. The van der Waals surface area contributed by atoms with E-state index in [1.807, 2.05) is 36.6 Å². The van der Waals surface area contributed by atoms with Gasteiger partial charge < -0.3 is 14.3 Å². The van der Waals surface area contributed by atoms with Crippen LogP contribution in [0.5, 0.6) is 0 Å². The van der Waals surface area contributed by atoms with E-state index in [4.69, 9.17) is 16.0 Å². The topological polar surface area (TPSA) is 47.2 Å². The van der Waals surface area contributed by atoms with Crippen molar-refractivity contribution in [3.05, 3.63) is 76.2 Å². The molecule has 0 saturated heterocycles. The summed E-state index contributed by atoms with van der Waals surface area (Å²) in [6, 6.07) is 9.61. The van der Waals surface area contributed by atoms with E-state index in [1.54, 1.807) is 6.26 Å². The van der Waals surface area contributed by atoms with Crippen LogP contribution in [0.15, 0.2) is 47.1 Å². The van der Waals surface area contributed by atoms with E-state index in [0.717, 1.165) is 17.1 Å². The normalized spacial score (nSPS) is 10.8. The quantitative estimate of drug-likeness (QED) is 0.738. The van der Waals surface area contributed by atoms with Gasteiger partial charge in [-0.05, 0) is 50.2 Å². The van der Waals surface area contributed by atoms with E-state index >= 15 is 0 Å². The van der Waals surface area contributed by atoms with Gasteiger partial charge in [-0.1, -0.05) is 11.6 Å². The highest BCUT2D eigenvalue weighted by Crippen LogP contribution is 2.22. The van der Waals surface area contributed by atoms with Crippen LogP contribution in [0.2, 0.25) is 5.02 Å². The van der Waals surface area contributed by atoms with Crippen molar-refractivity contribution in [1.29, 1.82) is 0 Å². The van der Waals surface area contributed by atoms with Crippen LogP contribution < -0.4 is 5.32 Å². The minimum Gasteiger partial charge on any atom is -0.467 e. The lowest BCUT2D eigenvalue weighted by Crippen LogP contribution is -2.13. The van der Waals surface area contributed by atoms with Gasteiger partial charge in [-0.3, -0.25) is 4.79 Å². The number of anilines is 1. The number of carbonyl (C=O) groups is 1. The van der Waals surface area contributed by atoms with Crippen molar-refractivity contribution in [2.24, 2.45) is 0 Å². The molecule has 2 aromatic heterocycles. The van der Waals surface area contributed by atoms with Crippen molar-refractivity contribution in [3.8, 4) is 0 Å². The highest BCUT2D eigenvalue weighted by atomic mass is 35.5. The first-order valence-electron chi connectivity index (χ1n) is 7.41. The molecule has 24 heavy (non-hydrogen) atoms. The molecular weight excluding hydrogens is 331 g/mol. The Bertz CT molecular complexity index is 885. The Hall–Kier alpha value is -2.53. The summed E-state index contributed by atoms with van der Waals surface area (Å²) >= 11 is 5.74. The Labute approximate surface area is 143 Å². The molecule has 0 saturated carbocycles. The number of halogens is 2. The minimum atomic E-state index is -0.522. The van der Waals surface area contributed by atoms with E-state index in [2.05, 4.69) is 5.32 Å². The lowest BCUT2D eigenvalue weighted by Gasteiger charge is -2.09. The number of hydrogen-bond donors (Lipinski definition) is 1. The first-order chi connectivity index (χ1) is 11.5. The molecule has 0 aliphatic heterocycles. The van der Waals surface area contributed by atoms with Gasteiger partial charge >= 0.3 is 0 Å². The van der Waals surface area contributed by atoms with Gasteiger partial charge in [-0.2, -0.15) is 0 Å². The summed E-state index contributed by atoms with van der Waals surface area (Å²) in [4.78, 5) is 12.5. The molecule has 4 nitrogen and oxygen atoms in total. The second-order valence-corrected chi connectivity index (χ2v) is 5.94. The molecule has 1 N–H and O–H groups in total. The number of furan rings is 1. The van der Waals surface area contributed by atoms with E-state index in [9.17, 15) is 9.18 Å². The maximum atomic E-state index is 13.2. The van der Waals surface area contributed by atoms with Gasteiger partial charge in [0.25, 0.3) is 5.91 Å². The zero-order valence-electron chi connectivity index (χ0n) is 13.3. The molecule has 0 unspecified atom stereocenters. The van der Waals surface area contributed by atoms with Crippen molar-refractivity contribution < 1.29 is 13.6 Å². The number of aromatic nitrogens is 1. The third-order valence-corrected chi connectivity index (χ3v) is 4.18. The minimum absolute atomic E-state index is 0.0314. The Morgan fingerprint density at radius 1 is 1.29 bits per heavy atom. The lowest BCUT2D eigenvalue weighted by molar-refractivity contribution is 0.102. The third kappa shape index (κ3) is 3.21. The standard InChI is InChI=1S/C18H16ClFN2O2/c1-11-8-15(12(2)22(11)10-14-4-3-7-24-14)18(23)21-13-5-6-17(20)16(19)9-13/h3-9H,10H2,1-2H3,(H,21,23). The van der Waals surface area contributed by atoms with Crippen LogP contribution in [0.1, 0.15) is 27.5 Å². The summed E-state index contributed by atoms with van der Waals surface area (Å²) in [5.41, 5.74) is 2.78. The summed E-state index contributed by atoms with van der Waals surface area (Å²) in [5.74, 6) is 0.0248. The molecule has 0 aliphatic carbocycles. The predicted molar refractivity (Wildman–Crippen MR) is 91.1 cm³/mol. The summed E-state index contributed by atoms with van der Waals surface area (Å²) < 4.78 is 20.6. The van der Waals surface area contributed by atoms with Gasteiger partial charge in [0.1, 0.15) is 11.6 Å².